The second-order valence-electron chi connectivity index (χ2n) is 10.4. The van der Waals surface area contributed by atoms with Crippen molar-refractivity contribution >= 4 is 27.5 Å². The minimum absolute atomic E-state index is 0.0330. The van der Waals surface area contributed by atoms with E-state index < -0.39 is 34.3 Å². The Balaban J connectivity index is 1.71. The van der Waals surface area contributed by atoms with Crippen LogP contribution < -0.4 is 9.62 Å². The quantitative estimate of drug-likeness (QED) is 0.370. The molecule has 0 aliphatic heterocycles. The molecule has 1 unspecified atom stereocenters. The van der Waals surface area contributed by atoms with E-state index in [-0.39, 0.29) is 29.0 Å². The van der Waals surface area contributed by atoms with E-state index in [1.54, 1.807) is 55.5 Å². The van der Waals surface area contributed by atoms with Crippen LogP contribution in [0, 0.1) is 19.7 Å². The fourth-order valence-electron chi connectivity index (χ4n) is 5.13. The van der Waals surface area contributed by atoms with Crippen LogP contribution in [0.4, 0.5) is 10.1 Å². The first-order valence-corrected chi connectivity index (χ1v) is 15.0. The van der Waals surface area contributed by atoms with Gasteiger partial charge in [0, 0.05) is 18.2 Å². The van der Waals surface area contributed by atoms with Crippen molar-refractivity contribution < 1.29 is 22.4 Å². The fraction of sp³-hybridized carbons (Fsp3) is 0.355. The first-order valence-electron chi connectivity index (χ1n) is 13.6. The fourth-order valence-corrected chi connectivity index (χ4v) is 6.55. The van der Waals surface area contributed by atoms with Gasteiger partial charge in [-0.05, 0) is 75.1 Å². The van der Waals surface area contributed by atoms with Crippen molar-refractivity contribution in [2.45, 2.75) is 70.0 Å². The van der Waals surface area contributed by atoms with Crippen LogP contribution >= 0.6 is 0 Å². The van der Waals surface area contributed by atoms with Crippen molar-refractivity contribution in [3.05, 3.63) is 95.3 Å². The van der Waals surface area contributed by atoms with Crippen molar-refractivity contribution in [1.82, 2.24) is 10.2 Å². The highest BCUT2D eigenvalue weighted by Crippen LogP contribution is 2.27. The molecule has 0 aromatic heterocycles. The summed E-state index contributed by atoms with van der Waals surface area (Å²) in [7, 11) is -4.15. The molecule has 1 fully saturated rings. The summed E-state index contributed by atoms with van der Waals surface area (Å²) in [6.45, 7) is 4.55. The predicted molar refractivity (Wildman–Crippen MR) is 154 cm³/mol. The monoisotopic (exact) mass is 565 g/mol. The summed E-state index contributed by atoms with van der Waals surface area (Å²) >= 11 is 0. The lowest BCUT2D eigenvalue weighted by molar-refractivity contribution is -0.139. The summed E-state index contributed by atoms with van der Waals surface area (Å²) in [5, 5.41) is 3.01. The molecular weight excluding hydrogens is 529 g/mol. The summed E-state index contributed by atoms with van der Waals surface area (Å²) < 4.78 is 43.5. The Morgan fingerprint density at radius 2 is 1.55 bits per heavy atom. The van der Waals surface area contributed by atoms with Crippen LogP contribution in [0.25, 0.3) is 0 Å². The van der Waals surface area contributed by atoms with Gasteiger partial charge in [-0.1, -0.05) is 55.3 Å². The number of halogens is 1. The lowest BCUT2D eigenvalue weighted by Gasteiger charge is -2.32. The van der Waals surface area contributed by atoms with Gasteiger partial charge in [-0.3, -0.25) is 13.9 Å². The number of nitrogens with zero attached hydrogens (tertiary/aromatic N) is 2. The van der Waals surface area contributed by atoms with Crippen LogP contribution in [0.5, 0.6) is 0 Å². The van der Waals surface area contributed by atoms with E-state index >= 15 is 0 Å². The van der Waals surface area contributed by atoms with Gasteiger partial charge in [-0.25, -0.2) is 12.8 Å². The first kappa shape index (κ1) is 29.3. The van der Waals surface area contributed by atoms with Gasteiger partial charge in [0.15, 0.2) is 0 Å². The molecule has 0 heterocycles. The minimum atomic E-state index is -4.15. The third-order valence-corrected chi connectivity index (χ3v) is 9.06. The Morgan fingerprint density at radius 3 is 2.17 bits per heavy atom. The zero-order valence-electron chi connectivity index (χ0n) is 23.1. The Bertz CT molecular complexity index is 1440. The summed E-state index contributed by atoms with van der Waals surface area (Å²) in [4.78, 5) is 28.5. The van der Waals surface area contributed by atoms with Crippen molar-refractivity contribution in [3.63, 3.8) is 0 Å². The molecule has 1 saturated carbocycles. The molecule has 7 nitrogen and oxygen atoms in total. The van der Waals surface area contributed by atoms with Gasteiger partial charge in [0.1, 0.15) is 18.4 Å². The normalized spacial score (nSPS) is 14.5. The van der Waals surface area contributed by atoms with Crippen LogP contribution in [0.3, 0.4) is 0 Å². The molecule has 3 aromatic rings. The van der Waals surface area contributed by atoms with Crippen molar-refractivity contribution in [3.8, 4) is 0 Å². The van der Waals surface area contributed by atoms with Gasteiger partial charge in [0.25, 0.3) is 10.0 Å². The highest BCUT2D eigenvalue weighted by Gasteiger charge is 2.33. The maximum atomic E-state index is 14.7. The van der Waals surface area contributed by atoms with E-state index in [4.69, 9.17) is 0 Å². The van der Waals surface area contributed by atoms with E-state index in [1.807, 2.05) is 19.9 Å². The third kappa shape index (κ3) is 6.88. The molecule has 2 amide bonds. The molecule has 4 rings (SSSR count). The number of hydrogen-bond acceptors (Lipinski definition) is 4. The van der Waals surface area contributed by atoms with E-state index in [9.17, 15) is 22.4 Å². The second kappa shape index (κ2) is 12.6. The number of anilines is 1. The van der Waals surface area contributed by atoms with Gasteiger partial charge < -0.3 is 10.2 Å². The lowest BCUT2D eigenvalue weighted by atomic mass is 10.1. The van der Waals surface area contributed by atoms with Crippen molar-refractivity contribution in [1.29, 1.82) is 0 Å². The van der Waals surface area contributed by atoms with Gasteiger partial charge in [0.2, 0.25) is 11.8 Å². The molecular formula is C31H36FN3O4S. The van der Waals surface area contributed by atoms with Crippen molar-refractivity contribution in [2.75, 3.05) is 10.8 Å². The molecule has 0 saturated heterocycles. The van der Waals surface area contributed by atoms with Gasteiger partial charge >= 0.3 is 0 Å². The number of sulfonamides is 1. The number of aryl methyl sites for hydroxylation is 2. The zero-order valence-corrected chi connectivity index (χ0v) is 24.0. The Labute approximate surface area is 236 Å². The Kier molecular flexibility index (Phi) is 9.25. The molecule has 1 N–H and O–H groups in total. The van der Waals surface area contributed by atoms with Crippen LogP contribution in [-0.4, -0.2) is 43.8 Å². The number of nitrogens with one attached hydrogen (secondary N) is 1. The van der Waals surface area contributed by atoms with Crippen LogP contribution in [0.15, 0.2) is 77.7 Å². The maximum Gasteiger partial charge on any atom is 0.264 e. The third-order valence-electron chi connectivity index (χ3n) is 7.27. The number of rotatable bonds is 10. The van der Waals surface area contributed by atoms with Crippen LogP contribution in [0.2, 0.25) is 0 Å². The van der Waals surface area contributed by atoms with Gasteiger partial charge in [-0.2, -0.15) is 0 Å². The second-order valence-corrected chi connectivity index (χ2v) is 12.3. The van der Waals surface area contributed by atoms with Crippen LogP contribution in [0.1, 0.15) is 49.3 Å². The number of benzene rings is 3. The maximum absolute atomic E-state index is 14.7. The summed E-state index contributed by atoms with van der Waals surface area (Å²) in [5.41, 5.74) is 2.25. The standard InChI is InChI=1S/C31H36FN3O4S/c1-22-17-23(2)19-27(18-22)35(40(38,39)28-14-5-4-6-15-28)21-30(36)34(20-25-11-7-10-16-29(25)32)24(3)31(37)33-26-12-8-9-13-26/h4-7,10-11,14-19,24,26H,8-9,12-13,20-21H2,1-3H3,(H,33,37). The highest BCUT2D eigenvalue weighted by atomic mass is 32.2. The number of carbonyl (C=O) groups is 2. The molecule has 3 aromatic carbocycles. The van der Waals surface area contributed by atoms with E-state index in [1.165, 1.54) is 23.1 Å². The molecule has 0 spiro atoms. The minimum Gasteiger partial charge on any atom is -0.352 e. The number of carbonyl (C=O) groups excluding carboxylic acids is 2. The van der Waals surface area contributed by atoms with Crippen LogP contribution in [-0.2, 0) is 26.2 Å². The Morgan fingerprint density at radius 1 is 0.950 bits per heavy atom. The largest absolute Gasteiger partial charge is 0.352 e. The van der Waals surface area contributed by atoms with Gasteiger partial charge in [-0.15, -0.1) is 0 Å². The summed E-state index contributed by atoms with van der Waals surface area (Å²) in [5.74, 6) is -1.47. The molecule has 40 heavy (non-hydrogen) atoms. The predicted octanol–water partition coefficient (Wildman–Crippen LogP) is 5.11. The molecule has 1 aliphatic carbocycles. The lowest BCUT2D eigenvalue weighted by Crippen LogP contribution is -2.52. The average molecular weight is 566 g/mol. The molecule has 212 valence electrons. The van der Waals surface area contributed by atoms with E-state index in [0.29, 0.717) is 5.69 Å². The van der Waals surface area contributed by atoms with E-state index in [2.05, 4.69) is 5.32 Å². The Hall–Kier alpha value is -3.72. The van der Waals surface area contributed by atoms with Crippen molar-refractivity contribution in [2.24, 2.45) is 0 Å². The summed E-state index contributed by atoms with van der Waals surface area (Å²) in [6.07, 6.45) is 3.80. The smallest absolute Gasteiger partial charge is 0.264 e. The zero-order chi connectivity index (χ0) is 28.9. The molecule has 9 heteroatoms. The highest BCUT2D eigenvalue weighted by molar-refractivity contribution is 7.92. The number of hydrogen-bond donors (Lipinski definition) is 1. The molecule has 0 radical (unpaired) electrons. The topological polar surface area (TPSA) is 86.8 Å². The molecule has 0 bridgehead atoms. The van der Waals surface area contributed by atoms with E-state index in [0.717, 1.165) is 41.1 Å². The first-order chi connectivity index (χ1) is 19.1. The van der Waals surface area contributed by atoms with Gasteiger partial charge in [0.05, 0.1) is 10.6 Å². The molecule has 1 aliphatic rings. The SMILES string of the molecule is Cc1cc(C)cc(N(CC(=O)N(Cc2ccccc2F)C(C)C(=O)NC2CCCC2)S(=O)(=O)c2ccccc2)c1. The average Bonchev–Trinajstić information content (AvgIpc) is 3.43. The number of amides is 2. The summed E-state index contributed by atoms with van der Waals surface area (Å²) in [6, 6.07) is 18.4. The molecule has 1 atom stereocenters.